The average molecular weight is 767 g/mol. The second-order valence-electron chi connectivity index (χ2n) is 15.8. The zero-order valence-electron chi connectivity index (χ0n) is 32.3. The lowest BCUT2D eigenvalue weighted by atomic mass is 9.77. The van der Waals surface area contributed by atoms with E-state index >= 15 is 0 Å². The van der Waals surface area contributed by atoms with Gasteiger partial charge in [0, 0.05) is 16.1 Å². The third kappa shape index (κ3) is 5.39. The molecule has 59 heavy (non-hydrogen) atoms. The van der Waals surface area contributed by atoms with Crippen molar-refractivity contribution in [1.82, 2.24) is 0 Å². The fourth-order valence-corrected chi connectivity index (χ4v) is 11.7. The van der Waals surface area contributed by atoms with Crippen LogP contribution in [0.15, 0.2) is 223 Å². The van der Waals surface area contributed by atoms with E-state index in [1.165, 1.54) is 109 Å². The molecule has 0 saturated carbocycles. The zero-order valence-corrected chi connectivity index (χ0v) is 33.2. The first-order valence-electron chi connectivity index (χ1n) is 20.6. The highest BCUT2D eigenvalue weighted by Gasteiger charge is 2.39. The Hall–Kier alpha value is -6.93. The maximum atomic E-state index is 2.47. The van der Waals surface area contributed by atoms with Crippen molar-refractivity contribution in [2.45, 2.75) is 16.1 Å². The lowest BCUT2D eigenvalue weighted by Crippen LogP contribution is -2.14. The highest BCUT2D eigenvalue weighted by molar-refractivity contribution is 8.00. The number of thioether (sulfide) groups is 1. The van der Waals surface area contributed by atoms with Gasteiger partial charge < -0.3 is 0 Å². The molecule has 0 spiro atoms. The molecular weight excluding hydrogens is 729 g/mol. The molecule has 0 bridgehead atoms. The average Bonchev–Trinajstić information content (AvgIpc) is 3.70. The van der Waals surface area contributed by atoms with Gasteiger partial charge in [-0.15, -0.1) is 11.8 Å². The monoisotopic (exact) mass is 766 g/mol. The molecule has 2 unspecified atom stereocenters. The molecule has 10 aromatic carbocycles. The van der Waals surface area contributed by atoms with Crippen LogP contribution in [0.1, 0.15) is 17.0 Å². The second-order valence-corrected chi connectivity index (χ2v) is 17.0. The molecule has 0 N–H and O–H groups in total. The van der Waals surface area contributed by atoms with Gasteiger partial charge in [0.1, 0.15) is 0 Å². The van der Waals surface area contributed by atoms with E-state index in [0.717, 1.165) is 0 Å². The maximum Gasteiger partial charge on any atom is 0.0454 e. The van der Waals surface area contributed by atoms with E-state index in [0.29, 0.717) is 0 Å². The highest BCUT2D eigenvalue weighted by Crippen LogP contribution is 2.58. The molecule has 2 atom stereocenters. The van der Waals surface area contributed by atoms with Crippen LogP contribution in [0, 0.1) is 0 Å². The third-order valence-electron chi connectivity index (χ3n) is 12.6. The summed E-state index contributed by atoms with van der Waals surface area (Å²) in [5, 5.41) is 10.6. The van der Waals surface area contributed by atoms with Gasteiger partial charge in [0.25, 0.3) is 0 Å². The molecule has 0 aromatic heterocycles. The van der Waals surface area contributed by atoms with E-state index < -0.39 is 0 Å². The molecule has 276 valence electrons. The first kappa shape index (κ1) is 34.1. The van der Waals surface area contributed by atoms with E-state index in [2.05, 4.69) is 218 Å². The molecule has 1 heterocycles. The topological polar surface area (TPSA) is 0 Å². The fourth-order valence-electron chi connectivity index (χ4n) is 10.2. The number of rotatable bonds is 5. The molecule has 10 aromatic rings. The van der Waals surface area contributed by atoms with Crippen LogP contribution in [-0.2, 0) is 0 Å². The molecule has 12 rings (SSSR count). The Kier molecular flexibility index (Phi) is 8.03. The van der Waals surface area contributed by atoms with Gasteiger partial charge in [-0.1, -0.05) is 206 Å². The molecule has 0 saturated heterocycles. The van der Waals surface area contributed by atoms with Gasteiger partial charge in [-0.05, 0) is 116 Å². The Labute approximate surface area is 348 Å². The standard InChI is InChI=1S/C58H38S/c1-3-18-37(19-4-1)39-22-15-23-40(36-39)54-43-26-9-11-28-45(43)55(46-29-12-10-27-44(46)54)49-32-17-35-52-57(49)51-34-16-33-50(58(51)59-52)56-47-30-13-7-24-41(47)53(38-20-5-2-6-21-38)42-25-8-14-31-48(42)56/h1-36,51,58H. The summed E-state index contributed by atoms with van der Waals surface area (Å²) in [6, 6.07) is 74.0. The minimum atomic E-state index is 0.220. The van der Waals surface area contributed by atoms with Crippen molar-refractivity contribution in [2.75, 3.05) is 0 Å². The Balaban J connectivity index is 1.05. The first-order valence-corrected chi connectivity index (χ1v) is 21.5. The summed E-state index contributed by atoms with van der Waals surface area (Å²) < 4.78 is 0. The van der Waals surface area contributed by atoms with Crippen LogP contribution in [0.3, 0.4) is 0 Å². The number of hydrogen-bond acceptors (Lipinski definition) is 1. The Morgan fingerprint density at radius 1 is 0.339 bits per heavy atom. The van der Waals surface area contributed by atoms with Gasteiger partial charge in [-0.25, -0.2) is 0 Å². The largest absolute Gasteiger partial charge is 0.117 e. The van der Waals surface area contributed by atoms with Gasteiger partial charge in [0.2, 0.25) is 0 Å². The molecule has 0 nitrogen and oxygen atoms in total. The van der Waals surface area contributed by atoms with Gasteiger partial charge >= 0.3 is 0 Å². The summed E-state index contributed by atoms with van der Waals surface area (Å²) in [5.74, 6) is 0.220. The van der Waals surface area contributed by atoms with Gasteiger partial charge in [-0.2, -0.15) is 0 Å². The van der Waals surface area contributed by atoms with Gasteiger partial charge in [0.15, 0.2) is 0 Å². The predicted octanol–water partition coefficient (Wildman–Crippen LogP) is 16.2. The molecule has 0 amide bonds. The van der Waals surface area contributed by atoms with E-state index in [9.17, 15) is 0 Å². The highest BCUT2D eigenvalue weighted by atomic mass is 32.2. The van der Waals surface area contributed by atoms with E-state index in [-0.39, 0.29) is 11.2 Å². The normalized spacial score (nSPS) is 15.8. The molecule has 1 aliphatic heterocycles. The summed E-state index contributed by atoms with van der Waals surface area (Å²) in [6.07, 6.45) is 7.20. The molecule has 1 aliphatic carbocycles. The number of hydrogen-bond donors (Lipinski definition) is 0. The Morgan fingerprint density at radius 2 is 0.780 bits per heavy atom. The van der Waals surface area contributed by atoms with Crippen LogP contribution < -0.4 is 0 Å². The van der Waals surface area contributed by atoms with Crippen LogP contribution in [0.25, 0.3) is 93.2 Å². The van der Waals surface area contributed by atoms with Crippen LogP contribution in [0.5, 0.6) is 0 Å². The van der Waals surface area contributed by atoms with Crippen molar-refractivity contribution in [2.24, 2.45) is 0 Å². The molecule has 0 radical (unpaired) electrons. The van der Waals surface area contributed by atoms with Crippen molar-refractivity contribution >= 4 is 60.4 Å². The predicted molar refractivity (Wildman–Crippen MR) is 254 cm³/mol. The van der Waals surface area contributed by atoms with E-state index in [1.54, 1.807) is 0 Å². The quantitative estimate of drug-likeness (QED) is 0.157. The summed E-state index contributed by atoms with van der Waals surface area (Å²) in [7, 11) is 0. The Bertz CT molecular complexity index is 3240. The number of fused-ring (bicyclic) bond motifs is 7. The summed E-state index contributed by atoms with van der Waals surface area (Å²) >= 11 is 2.04. The van der Waals surface area contributed by atoms with Crippen molar-refractivity contribution in [3.63, 3.8) is 0 Å². The first-order chi connectivity index (χ1) is 29.3. The minimum absolute atomic E-state index is 0.220. The van der Waals surface area contributed by atoms with Crippen LogP contribution in [0.2, 0.25) is 0 Å². The summed E-state index contributed by atoms with van der Waals surface area (Å²) in [5.41, 5.74) is 14.4. The smallest absolute Gasteiger partial charge is 0.0454 e. The van der Waals surface area contributed by atoms with Crippen LogP contribution in [-0.4, -0.2) is 5.25 Å². The van der Waals surface area contributed by atoms with Crippen LogP contribution in [0.4, 0.5) is 0 Å². The van der Waals surface area contributed by atoms with Crippen molar-refractivity contribution in [3.05, 3.63) is 230 Å². The summed E-state index contributed by atoms with van der Waals surface area (Å²) in [6.45, 7) is 0. The molecule has 1 heteroatoms. The summed E-state index contributed by atoms with van der Waals surface area (Å²) in [4.78, 5) is 1.37. The van der Waals surface area contributed by atoms with E-state index in [1.807, 2.05) is 11.8 Å². The molecule has 0 fully saturated rings. The maximum absolute atomic E-state index is 2.47. The van der Waals surface area contributed by atoms with Gasteiger partial charge in [0.05, 0.1) is 0 Å². The van der Waals surface area contributed by atoms with Gasteiger partial charge in [-0.3, -0.25) is 0 Å². The third-order valence-corrected chi connectivity index (χ3v) is 14.0. The fraction of sp³-hybridized carbons (Fsp3) is 0.0345. The van der Waals surface area contributed by atoms with Crippen molar-refractivity contribution < 1.29 is 0 Å². The van der Waals surface area contributed by atoms with E-state index in [4.69, 9.17) is 0 Å². The number of allylic oxidation sites excluding steroid dienone is 3. The lowest BCUT2D eigenvalue weighted by molar-refractivity contribution is 0.897. The molecular formula is C58H38S. The van der Waals surface area contributed by atoms with Crippen molar-refractivity contribution in [3.8, 4) is 44.5 Å². The SMILES string of the molecule is C1=CC2c3c(cccc3-c3c4ccccc4c(-c4cccc(-c5ccccc5)c4)c4ccccc34)SC2C(c2c3ccccc3c(-c3ccccc3)c3ccccc23)=C1. The Morgan fingerprint density at radius 3 is 1.36 bits per heavy atom. The minimum Gasteiger partial charge on any atom is -0.117 e. The number of benzene rings is 10. The second kappa shape index (κ2) is 13.9. The molecule has 2 aliphatic rings. The van der Waals surface area contributed by atoms with Crippen LogP contribution >= 0.6 is 11.8 Å². The zero-order chi connectivity index (χ0) is 38.9. The lowest BCUT2D eigenvalue weighted by Gasteiger charge is -2.27. The van der Waals surface area contributed by atoms with Crippen molar-refractivity contribution in [1.29, 1.82) is 0 Å².